The lowest BCUT2D eigenvalue weighted by Crippen LogP contribution is -2.50. The highest BCUT2D eigenvalue weighted by Crippen LogP contribution is 2.23. The summed E-state index contributed by atoms with van der Waals surface area (Å²) < 4.78 is 0. The van der Waals surface area contributed by atoms with E-state index in [-0.39, 0.29) is 11.8 Å². The molecule has 4 rings (SSSR count). The summed E-state index contributed by atoms with van der Waals surface area (Å²) in [6.45, 7) is 4.89. The zero-order chi connectivity index (χ0) is 20.9. The lowest BCUT2D eigenvalue weighted by atomic mass is 10.1. The van der Waals surface area contributed by atoms with Crippen molar-refractivity contribution in [3.8, 4) is 10.6 Å². The van der Waals surface area contributed by atoms with Crippen LogP contribution in [-0.2, 0) is 11.2 Å². The number of hydrogen-bond acceptors (Lipinski definition) is 5. The second-order valence-electron chi connectivity index (χ2n) is 7.27. The maximum absolute atomic E-state index is 12.8. The molecule has 0 unspecified atom stereocenters. The Bertz CT molecular complexity index is 1010. The van der Waals surface area contributed by atoms with Crippen molar-refractivity contribution in [2.24, 2.45) is 0 Å². The van der Waals surface area contributed by atoms with E-state index in [1.807, 2.05) is 41.8 Å². The van der Waals surface area contributed by atoms with Gasteiger partial charge in [0.15, 0.2) is 5.69 Å². The molecule has 1 saturated heterocycles. The summed E-state index contributed by atoms with van der Waals surface area (Å²) in [5, 5.41) is 12.1. The van der Waals surface area contributed by atoms with Crippen molar-refractivity contribution >= 4 is 28.8 Å². The molecule has 0 saturated carbocycles. The molecule has 7 nitrogen and oxygen atoms in total. The van der Waals surface area contributed by atoms with E-state index >= 15 is 0 Å². The maximum Gasteiger partial charge on any atom is 0.274 e. The van der Waals surface area contributed by atoms with Crippen molar-refractivity contribution in [1.29, 1.82) is 0 Å². The minimum atomic E-state index is -0.0740. The number of carbonyl (C=O) groups is 2. The summed E-state index contributed by atoms with van der Waals surface area (Å²) in [6.07, 6.45) is 0.874. The molecule has 2 aromatic heterocycles. The smallest absolute Gasteiger partial charge is 0.274 e. The highest BCUT2D eigenvalue weighted by atomic mass is 32.1. The van der Waals surface area contributed by atoms with Crippen molar-refractivity contribution < 1.29 is 9.59 Å². The van der Waals surface area contributed by atoms with Gasteiger partial charge in [0.1, 0.15) is 0 Å². The first kappa shape index (κ1) is 20.3. The number of para-hydroxylation sites is 1. The van der Waals surface area contributed by atoms with E-state index in [0.29, 0.717) is 38.4 Å². The summed E-state index contributed by atoms with van der Waals surface area (Å²) in [7, 11) is 0. The molecule has 2 amide bonds. The second kappa shape index (κ2) is 9.23. The molecule has 30 heavy (non-hydrogen) atoms. The third-order valence-corrected chi connectivity index (χ3v) is 6.19. The van der Waals surface area contributed by atoms with E-state index in [2.05, 4.69) is 27.3 Å². The van der Waals surface area contributed by atoms with Gasteiger partial charge in [0.2, 0.25) is 5.91 Å². The molecular weight excluding hydrogens is 398 g/mol. The summed E-state index contributed by atoms with van der Waals surface area (Å²) in [5.74, 6) is -0.0985. The number of nitrogens with one attached hydrogen (secondary N) is 2. The standard InChI is InChI=1S/C22H25N5O2S/c1-2-16-6-3-4-7-17(16)23-21(28)15-26-9-11-27(12-10-26)22(29)19-14-18(24-25-19)20-8-5-13-30-20/h3-8,13-14H,2,9-12,15H2,1H3,(H,23,28)(H,24,25). The molecule has 1 aliphatic rings. The van der Waals surface area contributed by atoms with Gasteiger partial charge >= 0.3 is 0 Å². The summed E-state index contributed by atoms with van der Waals surface area (Å²) in [4.78, 5) is 30.2. The zero-order valence-corrected chi connectivity index (χ0v) is 17.7. The number of anilines is 1. The number of hydrogen-bond donors (Lipinski definition) is 2. The Morgan fingerprint density at radius 3 is 2.67 bits per heavy atom. The quantitative estimate of drug-likeness (QED) is 0.638. The number of carbonyl (C=O) groups excluding carboxylic acids is 2. The van der Waals surface area contributed by atoms with Gasteiger partial charge in [-0.25, -0.2) is 0 Å². The van der Waals surface area contributed by atoms with Gasteiger partial charge in [-0.3, -0.25) is 19.6 Å². The van der Waals surface area contributed by atoms with Crippen LogP contribution in [0.4, 0.5) is 5.69 Å². The maximum atomic E-state index is 12.8. The van der Waals surface area contributed by atoms with Gasteiger partial charge in [-0.2, -0.15) is 5.10 Å². The minimum absolute atomic E-state index is 0.0245. The molecule has 156 valence electrons. The van der Waals surface area contributed by atoms with E-state index in [9.17, 15) is 9.59 Å². The Morgan fingerprint density at radius 1 is 1.13 bits per heavy atom. The van der Waals surface area contributed by atoms with Crippen LogP contribution >= 0.6 is 11.3 Å². The van der Waals surface area contributed by atoms with Gasteiger partial charge in [0, 0.05) is 31.9 Å². The normalized spacial score (nSPS) is 14.6. The second-order valence-corrected chi connectivity index (χ2v) is 8.22. The molecule has 0 spiro atoms. The molecule has 3 aromatic rings. The number of benzene rings is 1. The van der Waals surface area contributed by atoms with Gasteiger partial charge in [-0.05, 0) is 35.6 Å². The van der Waals surface area contributed by atoms with Crippen LogP contribution in [0.15, 0.2) is 47.8 Å². The fourth-order valence-corrected chi connectivity index (χ4v) is 4.30. The van der Waals surface area contributed by atoms with Gasteiger partial charge in [-0.15, -0.1) is 11.3 Å². The first-order valence-corrected chi connectivity index (χ1v) is 11.0. The molecule has 1 aliphatic heterocycles. The first-order chi connectivity index (χ1) is 14.6. The average Bonchev–Trinajstić information content (AvgIpc) is 3.46. The lowest BCUT2D eigenvalue weighted by molar-refractivity contribution is -0.117. The average molecular weight is 424 g/mol. The van der Waals surface area contributed by atoms with E-state index < -0.39 is 0 Å². The SMILES string of the molecule is CCc1ccccc1NC(=O)CN1CCN(C(=O)c2cc(-c3cccs3)[nH]n2)CC1. The number of thiophene rings is 1. The number of rotatable bonds is 6. The molecule has 1 fully saturated rings. The van der Waals surface area contributed by atoms with Crippen molar-refractivity contribution in [3.63, 3.8) is 0 Å². The van der Waals surface area contributed by atoms with Gasteiger partial charge in [0.25, 0.3) is 5.91 Å². The van der Waals surface area contributed by atoms with E-state index in [1.165, 1.54) is 0 Å². The van der Waals surface area contributed by atoms with Crippen molar-refractivity contribution in [1.82, 2.24) is 20.0 Å². The van der Waals surface area contributed by atoms with Crippen LogP contribution in [0.5, 0.6) is 0 Å². The topological polar surface area (TPSA) is 81.3 Å². The number of nitrogens with zero attached hydrogens (tertiary/aromatic N) is 3. The first-order valence-electron chi connectivity index (χ1n) is 10.1. The molecule has 0 atom stereocenters. The Morgan fingerprint density at radius 2 is 1.93 bits per heavy atom. The monoisotopic (exact) mass is 423 g/mol. The van der Waals surface area contributed by atoms with Crippen molar-refractivity contribution in [2.75, 3.05) is 38.0 Å². The predicted octanol–water partition coefficient (Wildman–Crippen LogP) is 3.10. The number of H-pyrrole nitrogens is 1. The molecule has 0 bridgehead atoms. The molecular formula is C22H25N5O2S. The molecule has 8 heteroatoms. The van der Waals surface area contributed by atoms with Gasteiger partial charge in [0.05, 0.1) is 17.1 Å². The minimum Gasteiger partial charge on any atom is -0.335 e. The molecule has 0 radical (unpaired) electrons. The number of amides is 2. The summed E-state index contributed by atoms with van der Waals surface area (Å²) >= 11 is 1.60. The van der Waals surface area contributed by atoms with Gasteiger partial charge in [-0.1, -0.05) is 31.2 Å². The lowest BCUT2D eigenvalue weighted by Gasteiger charge is -2.34. The Labute approximate surface area is 179 Å². The highest BCUT2D eigenvalue weighted by molar-refractivity contribution is 7.13. The van der Waals surface area contributed by atoms with Crippen LogP contribution in [0.1, 0.15) is 23.0 Å². The number of piperazine rings is 1. The largest absolute Gasteiger partial charge is 0.335 e. The fourth-order valence-electron chi connectivity index (χ4n) is 3.60. The Kier molecular flexibility index (Phi) is 6.25. The van der Waals surface area contributed by atoms with Crippen LogP contribution < -0.4 is 5.32 Å². The summed E-state index contributed by atoms with van der Waals surface area (Å²) in [5.41, 5.74) is 3.29. The number of aromatic nitrogens is 2. The van der Waals surface area contributed by atoms with Gasteiger partial charge < -0.3 is 10.2 Å². The van der Waals surface area contributed by atoms with E-state index in [0.717, 1.165) is 28.2 Å². The van der Waals surface area contributed by atoms with Crippen molar-refractivity contribution in [2.45, 2.75) is 13.3 Å². The van der Waals surface area contributed by atoms with Crippen LogP contribution in [0.2, 0.25) is 0 Å². The Balaban J connectivity index is 1.28. The molecule has 3 heterocycles. The van der Waals surface area contributed by atoms with Crippen LogP contribution in [0.25, 0.3) is 10.6 Å². The Hall–Kier alpha value is -2.97. The van der Waals surface area contributed by atoms with E-state index in [1.54, 1.807) is 22.3 Å². The van der Waals surface area contributed by atoms with Crippen molar-refractivity contribution in [3.05, 3.63) is 59.1 Å². The third-order valence-electron chi connectivity index (χ3n) is 5.28. The number of aromatic amines is 1. The van der Waals surface area contributed by atoms with Crippen LogP contribution in [-0.4, -0.2) is 64.5 Å². The van der Waals surface area contributed by atoms with E-state index in [4.69, 9.17) is 0 Å². The number of aryl methyl sites for hydroxylation is 1. The molecule has 1 aromatic carbocycles. The molecule has 2 N–H and O–H groups in total. The van der Waals surface area contributed by atoms with Crippen LogP contribution in [0.3, 0.4) is 0 Å². The predicted molar refractivity (Wildman–Crippen MR) is 119 cm³/mol. The molecule has 0 aliphatic carbocycles. The fraction of sp³-hybridized carbons (Fsp3) is 0.318. The third kappa shape index (κ3) is 4.60. The van der Waals surface area contributed by atoms with Crippen LogP contribution in [0, 0.1) is 0 Å². The summed E-state index contributed by atoms with van der Waals surface area (Å²) in [6, 6.07) is 13.6. The zero-order valence-electron chi connectivity index (χ0n) is 16.9. The highest BCUT2D eigenvalue weighted by Gasteiger charge is 2.25.